The van der Waals surface area contributed by atoms with E-state index < -0.39 is 0 Å². The minimum absolute atomic E-state index is 0.349. The smallest absolute Gasteiger partial charge is 0.115 e. The van der Waals surface area contributed by atoms with Gasteiger partial charge in [-0.25, -0.2) is 0 Å². The third-order valence-corrected chi connectivity index (χ3v) is 4.29. The van der Waals surface area contributed by atoms with Gasteiger partial charge in [-0.2, -0.15) is 0 Å². The Morgan fingerprint density at radius 3 is 2.53 bits per heavy atom. The lowest BCUT2D eigenvalue weighted by Crippen LogP contribution is -2.54. The van der Waals surface area contributed by atoms with Crippen molar-refractivity contribution >= 4 is 0 Å². The number of aromatic hydroxyl groups is 1. The standard InChI is InChI=1S/C16H26N2O/c1-4-17-9-10-18(12-14(17)3)13(2)11-15-5-7-16(19)8-6-15/h5-8,13-14,19H,4,9-12H2,1-3H3. The molecule has 3 nitrogen and oxygen atoms in total. The van der Waals surface area contributed by atoms with Gasteiger partial charge in [0, 0.05) is 31.7 Å². The quantitative estimate of drug-likeness (QED) is 0.902. The average molecular weight is 262 g/mol. The zero-order valence-electron chi connectivity index (χ0n) is 12.3. The van der Waals surface area contributed by atoms with Gasteiger partial charge in [-0.15, -0.1) is 0 Å². The summed E-state index contributed by atoms with van der Waals surface area (Å²) in [5.74, 6) is 0.349. The van der Waals surface area contributed by atoms with E-state index in [-0.39, 0.29) is 0 Å². The van der Waals surface area contributed by atoms with Gasteiger partial charge in [-0.1, -0.05) is 19.1 Å². The van der Waals surface area contributed by atoms with E-state index in [0.717, 1.165) is 26.1 Å². The number of piperazine rings is 1. The zero-order valence-corrected chi connectivity index (χ0v) is 12.3. The van der Waals surface area contributed by atoms with Gasteiger partial charge in [-0.3, -0.25) is 9.80 Å². The van der Waals surface area contributed by atoms with Crippen LogP contribution in [0.1, 0.15) is 26.3 Å². The molecule has 0 radical (unpaired) electrons. The molecule has 1 N–H and O–H groups in total. The van der Waals surface area contributed by atoms with Crippen LogP contribution in [0.4, 0.5) is 0 Å². The van der Waals surface area contributed by atoms with E-state index >= 15 is 0 Å². The molecule has 1 saturated heterocycles. The lowest BCUT2D eigenvalue weighted by atomic mass is 10.0. The Balaban J connectivity index is 1.90. The summed E-state index contributed by atoms with van der Waals surface area (Å²) >= 11 is 0. The molecule has 1 heterocycles. The molecular formula is C16H26N2O. The Labute approximate surface area is 116 Å². The van der Waals surface area contributed by atoms with Gasteiger partial charge < -0.3 is 5.11 Å². The molecule has 2 rings (SSSR count). The fourth-order valence-electron chi connectivity index (χ4n) is 3.00. The monoisotopic (exact) mass is 262 g/mol. The fraction of sp³-hybridized carbons (Fsp3) is 0.625. The highest BCUT2D eigenvalue weighted by Crippen LogP contribution is 2.16. The van der Waals surface area contributed by atoms with Crippen LogP contribution < -0.4 is 0 Å². The summed E-state index contributed by atoms with van der Waals surface area (Å²) in [5.41, 5.74) is 1.30. The molecule has 1 aromatic carbocycles. The first-order valence-corrected chi connectivity index (χ1v) is 7.36. The van der Waals surface area contributed by atoms with Crippen molar-refractivity contribution in [2.45, 2.75) is 39.3 Å². The van der Waals surface area contributed by atoms with Gasteiger partial charge in [0.2, 0.25) is 0 Å². The van der Waals surface area contributed by atoms with E-state index in [2.05, 4.69) is 30.6 Å². The Morgan fingerprint density at radius 1 is 1.26 bits per heavy atom. The lowest BCUT2D eigenvalue weighted by Gasteiger charge is -2.42. The van der Waals surface area contributed by atoms with Crippen molar-refractivity contribution in [1.82, 2.24) is 9.80 Å². The van der Waals surface area contributed by atoms with E-state index in [0.29, 0.717) is 17.8 Å². The van der Waals surface area contributed by atoms with Crippen molar-refractivity contribution in [2.24, 2.45) is 0 Å². The van der Waals surface area contributed by atoms with E-state index in [9.17, 15) is 5.11 Å². The summed E-state index contributed by atoms with van der Waals surface area (Å²) < 4.78 is 0. The van der Waals surface area contributed by atoms with Gasteiger partial charge in [0.25, 0.3) is 0 Å². The molecule has 0 saturated carbocycles. The molecule has 0 spiro atoms. The molecule has 106 valence electrons. The molecule has 3 heteroatoms. The molecule has 1 aliphatic heterocycles. The second-order valence-electron chi connectivity index (χ2n) is 5.69. The minimum atomic E-state index is 0.349. The van der Waals surface area contributed by atoms with E-state index in [1.165, 1.54) is 12.1 Å². The predicted octanol–water partition coefficient (Wildman–Crippen LogP) is 2.35. The van der Waals surface area contributed by atoms with Gasteiger partial charge in [-0.05, 0) is 44.5 Å². The molecule has 2 unspecified atom stereocenters. The van der Waals surface area contributed by atoms with Gasteiger partial charge in [0.15, 0.2) is 0 Å². The van der Waals surface area contributed by atoms with Crippen LogP contribution in [0.25, 0.3) is 0 Å². The molecule has 1 aliphatic rings. The number of hydrogen-bond donors (Lipinski definition) is 1. The second kappa shape index (κ2) is 6.40. The Hall–Kier alpha value is -1.06. The van der Waals surface area contributed by atoms with Gasteiger partial charge in [0.1, 0.15) is 5.75 Å². The first-order valence-electron chi connectivity index (χ1n) is 7.36. The molecule has 2 atom stereocenters. The van der Waals surface area contributed by atoms with Crippen molar-refractivity contribution < 1.29 is 5.11 Å². The van der Waals surface area contributed by atoms with E-state index in [1.807, 2.05) is 12.1 Å². The molecule has 0 aliphatic carbocycles. The second-order valence-corrected chi connectivity index (χ2v) is 5.69. The van der Waals surface area contributed by atoms with Crippen LogP contribution in [0.2, 0.25) is 0 Å². The maximum atomic E-state index is 9.31. The molecule has 0 amide bonds. The fourth-order valence-corrected chi connectivity index (χ4v) is 3.00. The summed E-state index contributed by atoms with van der Waals surface area (Å²) in [6.07, 6.45) is 1.05. The largest absolute Gasteiger partial charge is 0.508 e. The Kier molecular flexibility index (Phi) is 4.83. The number of benzene rings is 1. The number of phenols is 1. The summed E-state index contributed by atoms with van der Waals surface area (Å²) in [6, 6.07) is 8.82. The molecule has 0 bridgehead atoms. The van der Waals surface area contributed by atoms with Gasteiger partial charge in [0.05, 0.1) is 0 Å². The summed E-state index contributed by atoms with van der Waals surface area (Å²) in [6.45, 7) is 11.5. The third-order valence-electron chi connectivity index (χ3n) is 4.29. The van der Waals surface area contributed by atoms with E-state index in [1.54, 1.807) is 12.1 Å². The number of hydrogen-bond acceptors (Lipinski definition) is 3. The van der Waals surface area contributed by atoms with Crippen molar-refractivity contribution in [3.05, 3.63) is 29.8 Å². The predicted molar refractivity (Wildman–Crippen MR) is 79.6 cm³/mol. The number of rotatable bonds is 4. The highest BCUT2D eigenvalue weighted by atomic mass is 16.3. The maximum Gasteiger partial charge on any atom is 0.115 e. The molecule has 1 aromatic rings. The highest BCUT2D eigenvalue weighted by Gasteiger charge is 2.25. The molecule has 1 fully saturated rings. The molecule has 19 heavy (non-hydrogen) atoms. The first-order chi connectivity index (χ1) is 9.10. The van der Waals surface area contributed by atoms with Crippen LogP contribution in [0.5, 0.6) is 5.75 Å². The van der Waals surface area contributed by atoms with Crippen molar-refractivity contribution in [1.29, 1.82) is 0 Å². The Morgan fingerprint density at radius 2 is 1.95 bits per heavy atom. The lowest BCUT2D eigenvalue weighted by molar-refractivity contribution is 0.0638. The van der Waals surface area contributed by atoms with Crippen LogP contribution in [0.15, 0.2) is 24.3 Å². The van der Waals surface area contributed by atoms with Crippen LogP contribution in [0, 0.1) is 0 Å². The Bertz CT molecular complexity index is 390. The average Bonchev–Trinajstić information content (AvgIpc) is 2.41. The third kappa shape index (κ3) is 3.71. The minimum Gasteiger partial charge on any atom is -0.508 e. The summed E-state index contributed by atoms with van der Waals surface area (Å²) in [4.78, 5) is 5.13. The highest BCUT2D eigenvalue weighted by molar-refractivity contribution is 5.26. The van der Waals surface area contributed by atoms with Crippen molar-refractivity contribution in [2.75, 3.05) is 26.2 Å². The normalized spacial score (nSPS) is 23.4. The molecule has 0 aromatic heterocycles. The van der Waals surface area contributed by atoms with E-state index in [4.69, 9.17) is 0 Å². The van der Waals surface area contributed by atoms with Crippen LogP contribution in [-0.4, -0.2) is 53.2 Å². The zero-order chi connectivity index (χ0) is 13.8. The summed E-state index contributed by atoms with van der Waals surface area (Å²) in [7, 11) is 0. The van der Waals surface area contributed by atoms with Crippen molar-refractivity contribution in [3.8, 4) is 5.75 Å². The topological polar surface area (TPSA) is 26.7 Å². The first kappa shape index (κ1) is 14.4. The summed E-state index contributed by atoms with van der Waals surface area (Å²) in [5, 5.41) is 9.31. The van der Waals surface area contributed by atoms with Crippen molar-refractivity contribution in [3.63, 3.8) is 0 Å². The van der Waals surface area contributed by atoms with Crippen LogP contribution >= 0.6 is 0 Å². The van der Waals surface area contributed by atoms with Crippen LogP contribution in [0.3, 0.4) is 0 Å². The SMILES string of the molecule is CCN1CCN(C(C)Cc2ccc(O)cc2)CC1C. The number of nitrogens with zero attached hydrogens (tertiary/aromatic N) is 2. The number of likely N-dealkylation sites (N-methyl/N-ethyl adjacent to an activating group) is 1. The van der Waals surface area contributed by atoms with Crippen LogP contribution in [-0.2, 0) is 6.42 Å². The number of phenolic OH excluding ortho intramolecular Hbond substituents is 1. The van der Waals surface area contributed by atoms with Gasteiger partial charge >= 0.3 is 0 Å². The molecular weight excluding hydrogens is 236 g/mol. The maximum absolute atomic E-state index is 9.31.